The van der Waals surface area contributed by atoms with Crippen molar-refractivity contribution in [3.05, 3.63) is 28.8 Å². The molecule has 0 radical (unpaired) electrons. The number of phenolic OH excluding ortho intramolecular Hbond substituents is 1. The summed E-state index contributed by atoms with van der Waals surface area (Å²) in [5, 5.41) is 10.2. The summed E-state index contributed by atoms with van der Waals surface area (Å²) in [6.45, 7) is 4.45. The third-order valence-electron chi connectivity index (χ3n) is 4.18. The van der Waals surface area contributed by atoms with Gasteiger partial charge in [0.25, 0.3) is 0 Å². The van der Waals surface area contributed by atoms with Crippen LogP contribution in [-0.2, 0) is 6.42 Å². The maximum Gasteiger partial charge on any atom is 0.122 e. The number of fused-ring (bicyclic) bond motifs is 1. The Bertz CT molecular complexity index is 404. The molecule has 0 saturated heterocycles. The SMILES string of the molecule is C[C@@H]1Cc2ccc([C@H](C)C3CC3)c(O)c21. The molecule has 0 unspecified atom stereocenters. The fourth-order valence-electron chi connectivity index (χ4n) is 2.91. The second-order valence-electron chi connectivity index (χ2n) is 5.31. The maximum absolute atomic E-state index is 10.2. The van der Waals surface area contributed by atoms with Crippen molar-refractivity contribution in [3.8, 4) is 5.75 Å². The summed E-state index contributed by atoms with van der Waals surface area (Å²) in [5.41, 5.74) is 3.76. The van der Waals surface area contributed by atoms with Crippen molar-refractivity contribution in [1.29, 1.82) is 0 Å². The minimum Gasteiger partial charge on any atom is -0.507 e. The summed E-state index contributed by atoms with van der Waals surface area (Å²) >= 11 is 0. The predicted molar refractivity (Wildman–Crippen MR) is 61.4 cm³/mol. The molecular weight excluding hydrogens is 184 g/mol. The Morgan fingerprint density at radius 2 is 2.07 bits per heavy atom. The van der Waals surface area contributed by atoms with Gasteiger partial charge in [0.15, 0.2) is 0 Å². The number of rotatable bonds is 2. The van der Waals surface area contributed by atoms with Crippen LogP contribution in [0.25, 0.3) is 0 Å². The Kier molecular flexibility index (Phi) is 1.86. The molecule has 1 aromatic rings. The molecule has 0 heterocycles. The van der Waals surface area contributed by atoms with Crippen LogP contribution in [0.2, 0.25) is 0 Å². The number of benzene rings is 1. The van der Waals surface area contributed by atoms with Crippen molar-refractivity contribution in [2.24, 2.45) is 5.92 Å². The van der Waals surface area contributed by atoms with Crippen LogP contribution in [0.1, 0.15) is 55.2 Å². The Labute approximate surface area is 91.1 Å². The van der Waals surface area contributed by atoms with Crippen molar-refractivity contribution in [2.75, 3.05) is 0 Å². The van der Waals surface area contributed by atoms with E-state index in [0.717, 1.165) is 12.3 Å². The zero-order valence-corrected chi connectivity index (χ0v) is 9.46. The molecule has 0 aliphatic heterocycles. The summed E-state index contributed by atoms with van der Waals surface area (Å²) in [7, 11) is 0. The van der Waals surface area contributed by atoms with Crippen LogP contribution in [0.5, 0.6) is 5.75 Å². The van der Waals surface area contributed by atoms with Gasteiger partial charge in [0, 0.05) is 5.56 Å². The molecular formula is C14H18O. The van der Waals surface area contributed by atoms with Crippen molar-refractivity contribution in [1.82, 2.24) is 0 Å². The van der Waals surface area contributed by atoms with Crippen LogP contribution in [0.15, 0.2) is 12.1 Å². The number of hydrogen-bond donors (Lipinski definition) is 1. The van der Waals surface area contributed by atoms with E-state index in [1.807, 2.05) is 0 Å². The topological polar surface area (TPSA) is 20.2 Å². The largest absolute Gasteiger partial charge is 0.507 e. The molecule has 2 atom stereocenters. The fourth-order valence-corrected chi connectivity index (χ4v) is 2.91. The van der Waals surface area contributed by atoms with Gasteiger partial charge in [-0.2, -0.15) is 0 Å². The second kappa shape index (κ2) is 3.01. The standard InChI is InChI=1S/C14H18O/c1-8-7-11-5-6-12(14(15)13(8)11)9(2)10-3-4-10/h5-6,8-10,15H,3-4,7H2,1-2H3/t8-,9-/m1/s1. The molecule has 80 valence electrons. The van der Waals surface area contributed by atoms with Gasteiger partial charge in [0.2, 0.25) is 0 Å². The Morgan fingerprint density at radius 3 is 2.67 bits per heavy atom. The quantitative estimate of drug-likeness (QED) is 0.777. The Hall–Kier alpha value is -0.980. The molecule has 1 aromatic carbocycles. The van der Waals surface area contributed by atoms with E-state index in [9.17, 15) is 5.11 Å². The monoisotopic (exact) mass is 202 g/mol. The van der Waals surface area contributed by atoms with Gasteiger partial charge in [-0.3, -0.25) is 0 Å². The van der Waals surface area contributed by atoms with Crippen LogP contribution in [0.3, 0.4) is 0 Å². The number of aromatic hydroxyl groups is 1. The minimum absolute atomic E-state index is 0.545. The highest BCUT2D eigenvalue weighted by Gasteiger charge is 2.33. The van der Waals surface area contributed by atoms with Crippen LogP contribution < -0.4 is 0 Å². The van der Waals surface area contributed by atoms with E-state index in [0.29, 0.717) is 17.6 Å². The molecule has 0 aromatic heterocycles. The minimum atomic E-state index is 0.545. The number of hydrogen-bond acceptors (Lipinski definition) is 1. The Balaban J connectivity index is 2.01. The van der Waals surface area contributed by atoms with Crippen LogP contribution >= 0.6 is 0 Å². The highest BCUT2D eigenvalue weighted by molar-refractivity contribution is 5.54. The molecule has 0 amide bonds. The molecule has 2 aliphatic carbocycles. The first-order valence-electron chi connectivity index (χ1n) is 6.03. The lowest BCUT2D eigenvalue weighted by molar-refractivity contribution is 0.436. The fraction of sp³-hybridized carbons (Fsp3) is 0.571. The summed E-state index contributed by atoms with van der Waals surface area (Å²) in [5.74, 6) is 2.53. The molecule has 1 saturated carbocycles. The lowest BCUT2D eigenvalue weighted by Crippen LogP contribution is -2.15. The zero-order valence-electron chi connectivity index (χ0n) is 9.46. The molecule has 3 rings (SSSR count). The van der Waals surface area contributed by atoms with E-state index >= 15 is 0 Å². The van der Waals surface area contributed by atoms with Crippen molar-refractivity contribution >= 4 is 0 Å². The first-order chi connectivity index (χ1) is 7.18. The second-order valence-corrected chi connectivity index (χ2v) is 5.31. The van der Waals surface area contributed by atoms with E-state index in [1.54, 1.807) is 0 Å². The molecule has 1 heteroatoms. The number of phenols is 1. The first kappa shape index (κ1) is 9.26. The van der Waals surface area contributed by atoms with E-state index in [-0.39, 0.29) is 0 Å². The van der Waals surface area contributed by atoms with Crippen molar-refractivity contribution < 1.29 is 5.11 Å². The highest BCUT2D eigenvalue weighted by atomic mass is 16.3. The van der Waals surface area contributed by atoms with E-state index < -0.39 is 0 Å². The molecule has 2 aliphatic rings. The smallest absolute Gasteiger partial charge is 0.122 e. The van der Waals surface area contributed by atoms with Crippen molar-refractivity contribution in [3.63, 3.8) is 0 Å². The van der Waals surface area contributed by atoms with Gasteiger partial charge < -0.3 is 5.11 Å². The van der Waals surface area contributed by atoms with Crippen LogP contribution in [-0.4, -0.2) is 5.11 Å². The van der Waals surface area contributed by atoms with Crippen LogP contribution in [0.4, 0.5) is 0 Å². The lowest BCUT2D eigenvalue weighted by atomic mass is 9.75. The summed E-state index contributed by atoms with van der Waals surface area (Å²) in [6.07, 6.45) is 3.82. The molecule has 1 fully saturated rings. The van der Waals surface area contributed by atoms with Gasteiger partial charge in [0.1, 0.15) is 5.75 Å². The highest BCUT2D eigenvalue weighted by Crippen LogP contribution is 2.49. The normalized spacial score (nSPS) is 25.6. The van der Waals surface area contributed by atoms with Crippen molar-refractivity contribution in [2.45, 2.75) is 44.9 Å². The van der Waals surface area contributed by atoms with Gasteiger partial charge in [-0.15, -0.1) is 0 Å². The van der Waals surface area contributed by atoms with E-state index in [1.165, 1.54) is 29.5 Å². The third-order valence-corrected chi connectivity index (χ3v) is 4.18. The average molecular weight is 202 g/mol. The molecule has 1 nitrogen and oxygen atoms in total. The summed E-state index contributed by atoms with van der Waals surface area (Å²) < 4.78 is 0. The molecule has 15 heavy (non-hydrogen) atoms. The Morgan fingerprint density at radius 1 is 1.33 bits per heavy atom. The predicted octanol–water partition coefficient (Wildman–Crippen LogP) is 3.57. The zero-order chi connectivity index (χ0) is 10.6. The van der Waals surface area contributed by atoms with E-state index in [2.05, 4.69) is 26.0 Å². The van der Waals surface area contributed by atoms with Gasteiger partial charge in [-0.1, -0.05) is 26.0 Å². The molecule has 1 N–H and O–H groups in total. The van der Waals surface area contributed by atoms with E-state index in [4.69, 9.17) is 0 Å². The average Bonchev–Trinajstić information content (AvgIpc) is 2.98. The van der Waals surface area contributed by atoms with Gasteiger partial charge in [-0.25, -0.2) is 0 Å². The lowest BCUT2D eigenvalue weighted by Gasteiger charge is -2.30. The first-order valence-corrected chi connectivity index (χ1v) is 6.03. The van der Waals surface area contributed by atoms with Gasteiger partial charge >= 0.3 is 0 Å². The third kappa shape index (κ3) is 1.29. The maximum atomic E-state index is 10.2. The molecule has 0 spiro atoms. The summed E-state index contributed by atoms with van der Waals surface area (Å²) in [6, 6.07) is 4.35. The van der Waals surface area contributed by atoms with Gasteiger partial charge in [-0.05, 0) is 48.1 Å². The molecule has 0 bridgehead atoms. The van der Waals surface area contributed by atoms with Crippen LogP contribution in [0, 0.1) is 5.92 Å². The van der Waals surface area contributed by atoms with Gasteiger partial charge in [0.05, 0.1) is 0 Å². The summed E-state index contributed by atoms with van der Waals surface area (Å²) in [4.78, 5) is 0.